The normalized spacial score (nSPS) is 12.3. The fraction of sp³-hybridized carbons (Fsp3) is 0.333. The van der Waals surface area contributed by atoms with Gasteiger partial charge in [0.2, 0.25) is 0 Å². The summed E-state index contributed by atoms with van der Waals surface area (Å²) in [5.74, 6) is -0.141. The van der Waals surface area contributed by atoms with Gasteiger partial charge in [0.05, 0.1) is 21.1 Å². The zero-order valence-corrected chi connectivity index (χ0v) is 9.34. The van der Waals surface area contributed by atoms with Crippen LogP contribution in [-0.4, -0.2) is 30.6 Å². The summed E-state index contributed by atoms with van der Waals surface area (Å²) in [6, 6.07) is 5.14. The first-order valence-electron chi connectivity index (χ1n) is 5.02. The van der Waals surface area contributed by atoms with Crippen molar-refractivity contribution in [2.24, 2.45) is 0 Å². The molecule has 0 spiro atoms. The van der Waals surface area contributed by atoms with E-state index in [9.17, 15) is 4.39 Å². The van der Waals surface area contributed by atoms with Gasteiger partial charge in [-0.25, -0.2) is 4.39 Å². The molecule has 1 aromatic carbocycles. The topological polar surface area (TPSA) is 15.8 Å². The first-order valence-corrected chi connectivity index (χ1v) is 5.02. The maximum absolute atomic E-state index is 13.6. The van der Waals surface area contributed by atoms with Crippen LogP contribution in [-0.2, 0) is 6.54 Å². The lowest BCUT2D eigenvalue weighted by Crippen LogP contribution is -2.33. The number of nitrogens with one attached hydrogen (secondary N) is 1. The molecule has 80 valence electrons. The number of halogens is 1. The van der Waals surface area contributed by atoms with Gasteiger partial charge in [-0.1, -0.05) is 6.07 Å². The van der Waals surface area contributed by atoms with Gasteiger partial charge in [-0.2, -0.15) is 0 Å². The van der Waals surface area contributed by atoms with E-state index < -0.39 is 0 Å². The van der Waals surface area contributed by atoms with E-state index in [1.807, 2.05) is 12.3 Å². The van der Waals surface area contributed by atoms with Gasteiger partial charge in [0.1, 0.15) is 12.4 Å². The quantitative estimate of drug-likeness (QED) is 0.728. The van der Waals surface area contributed by atoms with E-state index >= 15 is 0 Å². The van der Waals surface area contributed by atoms with Crippen molar-refractivity contribution in [3.63, 3.8) is 0 Å². The van der Waals surface area contributed by atoms with E-state index in [4.69, 9.17) is 0 Å². The third-order valence-electron chi connectivity index (χ3n) is 2.38. The molecule has 0 fully saturated rings. The van der Waals surface area contributed by atoms with E-state index in [1.54, 1.807) is 6.07 Å². The maximum Gasteiger partial charge on any atom is 0.133 e. The van der Waals surface area contributed by atoms with Crippen molar-refractivity contribution < 1.29 is 8.87 Å². The number of aromatic amines is 1. The molecule has 0 atom stereocenters. The lowest BCUT2D eigenvalue weighted by atomic mass is 10.1. The molecule has 2 aromatic rings. The Hall–Kier alpha value is -1.35. The Balaban J connectivity index is 2.53. The van der Waals surface area contributed by atoms with Crippen LogP contribution < -0.4 is 0 Å². The van der Waals surface area contributed by atoms with Gasteiger partial charge in [-0.15, -0.1) is 0 Å². The summed E-state index contributed by atoms with van der Waals surface area (Å²) in [4.78, 5) is 3.10. The van der Waals surface area contributed by atoms with Crippen LogP contribution >= 0.6 is 0 Å². The molecular weight excluding hydrogens is 191 g/mol. The Labute approximate surface area is 88.9 Å². The summed E-state index contributed by atoms with van der Waals surface area (Å²) >= 11 is 0. The molecule has 0 amide bonds. The molecule has 0 saturated carbocycles. The van der Waals surface area contributed by atoms with Gasteiger partial charge >= 0.3 is 0 Å². The molecule has 15 heavy (non-hydrogen) atoms. The second-order valence-corrected chi connectivity index (χ2v) is 4.92. The number of H-pyrrole nitrogens is 1. The van der Waals surface area contributed by atoms with Gasteiger partial charge < -0.3 is 9.47 Å². The second-order valence-electron chi connectivity index (χ2n) is 4.92. The van der Waals surface area contributed by atoms with Gasteiger partial charge in [-0.05, 0) is 12.1 Å². The lowest BCUT2D eigenvalue weighted by molar-refractivity contribution is -0.883. The summed E-state index contributed by atoms with van der Waals surface area (Å²) in [7, 11) is 6.29. The number of rotatable bonds is 2. The molecule has 0 unspecified atom stereocenters. The number of hydrogen-bond donors (Lipinski definition) is 1. The van der Waals surface area contributed by atoms with E-state index in [2.05, 4.69) is 26.1 Å². The van der Waals surface area contributed by atoms with Crippen LogP contribution in [0.5, 0.6) is 0 Å². The zero-order valence-electron chi connectivity index (χ0n) is 9.34. The van der Waals surface area contributed by atoms with Crippen LogP contribution in [0.2, 0.25) is 0 Å². The fourth-order valence-corrected chi connectivity index (χ4v) is 1.84. The summed E-state index contributed by atoms with van der Waals surface area (Å²) < 4.78 is 14.4. The summed E-state index contributed by atoms with van der Waals surface area (Å²) in [6.07, 6.45) is 1.90. The van der Waals surface area contributed by atoms with Crippen LogP contribution in [0.15, 0.2) is 24.4 Å². The van der Waals surface area contributed by atoms with Crippen molar-refractivity contribution in [2.75, 3.05) is 21.1 Å². The SMILES string of the molecule is C[N+](C)(C)Cc1c[nH]c2cccc(F)c12. The number of hydrogen-bond acceptors (Lipinski definition) is 0. The van der Waals surface area contributed by atoms with Crippen LogP contribution in [0.1, 0.15) is 5.56 Å². The molecule has 2 rings (SSSR count). The fourth-order valence-electron chi connectivity index (χ4n) is 1.84. The summed E-state index contributed by atoms with van der Waals surface area (Å²) in [5, 5.41) is 0.727. The molecule has 1 aromatic heterocycles. The Morgan fingerprint density at radius 3 is 2.67 bits per heavy atom. The van der Waals surface area contributed by atoms with E-state index in [-0.39, 0.29) is 5.82 Å². The van der Waals surface area contributed by atoms with Gasteiger partial charge in [0, 0.05) is 22.7 Å². The van der Waals surface area contributed by atoms with E-state index in [0.717, 1.165) is 27.5 Å². The molecule has 2 nitrogen and oxygen atoms in total. The molecule has 3 heteroatoms. The predicted octanol–water partition coefficient (Wildman–Crippen LogP) is 2.51. The third-order valence-corrected chi connectivity index (χ3v) is 2.38. The Morgan fingerprint density at radius 2 is 2.00 bits per heavy atom. The van der Waals surface area contributed by atoms with E-state index in [1.165, 1.54) is 6.07 Å². The van der Waals surface area contributed by atoms with Crippen LogP contribution in [0.3, 0.4) is 0 Å². The Bertz CT molecular complexity index is 480. The molecule has 0 radical (unpaired) electrons. The number of aromatic nitrogens is 1. The zero-order chi connectivity index (χ0) is 11.1. The molecule has 0 aliphatic rings. The molecule has 1 heterocycles. The number of nitrogens with zero attached hydrogens (tertiary/aromatic N) is 1. The first-order chi connectivity index (χ1) is 6.97. The van der Waals surface area contributed by atoms with Crippen LogP contribution in [0.4, 0.5) is 4.39 Å². The third kappa shape index (κ3) is 2.02. The highest BCUT2D eigenvalue weighted by molar-refractivity contribution is 5.83. The smallest absolute Gasteiger partial charge is 0.133 e. The van der Waals surface area contributed by atoms with Gasteiger partial charge in [0.25, 0.3) is 0 Å². The van der Waals surface area contributed by atoms with Crippen molar-refractivity contribution in [3.05, 3.63) is 35.8 Å². The van der Waals surface area contributed by atoms with Crippen molar-refractivity contribution >= 4 is 10.9 Å². The Kier molecular flexibility index (Phi) is 2.27. The van der Waals surface area contributed by atoms with Crippen molar-refractivity contribution in [1.82, 2.24) is 4.98 Å². The van der Waals surface area contributed by atoms with Crippen LogP contribution in [0.25, 0.3) is 10.9 Å². The Morgan fingerprint density at radius 1 is 1.27 bits per heavy atom. The first kappa shape index (κ1) is 10.2. The minimum atomic E-state index is -0.141. The maximum atomic E-state index is 13.6. The second kappa shape index (κ2) is 3.35. The highest BCUT2D eigenvalue weighted by atomic mass is 19.1. The molecule has 0 aliphatic carbocycles. The minimum absolute atomic E-state index is 0.141. The summed E-state index contributed by atoms with van der Waals surface area (Å²) in [6.45, 7) is 0.820. The van der Waals surface area contributed by atoms with Crippen molar-refractivity contribution in [1.29, 1.82) is 0 Å². The monoisotopic (exact) mass is 207 g/mol. The van der Waals surface area contributed by atoms with Gasteiger partial charge in [-0.3, -0.25) is 0 Å². The molecule has 0 bridgehead atoms. The van der Waals surface area contributed by atoms with E-state index in [0.29, 0.717) is 0 Å². The molecule has 0 saturated heterocycles. The predicted molar refractivity (Wildman–Crippen MR) is 60.0 cm³/mol. The van der Waals surface area contributed by atoms with Gasteiger partial charge in [0.15, 0.2) is 0 Å². The lowest BCUT2D eigenvalue weighted by Gasteiger charge is -2.23. The standard InChI is InChI=1S/C12H16FN2/c1-15(2,3)8-9-7-14-11-6-4-5-10(13)12(9)11/h4-7,14H,8H2,1-3H3/q+1. The molecule has 1 N–H and O–H groups in total. The minimum Gasteiger partial charge on any atom is -0.361 e. The van der Waals surface area contributed by atoms with Crippen molar-refractivity contribution in [3.8, 4) is 0 Å². The molecular formula is C12H16FN2+. The number of fused-ring (bicyclic) bond motifs is 1. The average Bonchev–Trinajstić information content (AvgIpc) is 2.47. The highest BCUT2D eigenvalue weighted by Crippen LogP contribution is 2.23. The summed E-state index contributed by atoms with van der Waals surface area (Å²) in [5.41, 5.74) is 1.91. The number of benzene rings is 1. The highest BCUT2D eigenvalue weighted by Gasteiger charge is 2.14. The number of quaternary nitrogens is 1. The molecule has 0 aliphatic heterocycles. The average molecular weight is 207 g/mol. The largest absolute Gasteiger partial charge is 0.361 e. The van der Waals surface area contributed by atoms with Crippen molar-refractivity contribution in [2.45, 2.75) is 6.54 Å². The van der Waals surface area contributed by atoms with Crippen LogP contribution in [0, 0.1) is 5.82 Å².